The molecule has 0 spiro atoms. The predicted octanol–water partition coefficient (Wildman–Crippen LogP) is 0.280. The molecule has 0 amide bonds. The van der Waals surface area contributed by atoms with Crippen LogP contribution in [0.15, 0.2) is 24.3 Å². The van der Waals surface area contributed by atoms with E-state index in [1.807, 2.05) is 0 Å². The Balaban J connectivity index is 2.97. The lowest BCUT2D eigenvalue weighted by atomic mass is 9.80. The van der Waals surface area contributed by atoms with E-state index >= 15 is 0 Å². The van der Waals surface area contributed by atoms with E-state index in [0.29, 0.717) is 0 Å². The van der Waals surface area contributed by atoms with Crippen LogP contribution in [0.25, 0.3) is 0 Å². The van der Waals surface area contributed by atoms with E-state index in [1.165, 1.54) is 45.0 Å². The number of ether oxygens (including phenoxy) is 3. The molecule has 0 aliphatic rings. The quantitative estimate of drug-likeness (QED) is 0.115. The first-order valence-electron chi connectivity index (χ1n) is 9.83. The molecule has 0 unspecified atom stereocenters. The van der Waals surface area contributed by atoms with Crippen molar-refractivity contribution in [3.8, 4) is 5.75 Å². The van der Waals surface area contributed by atoms with Crippen molar-refractivity contribution in [2.45, 2.75) is 70.6 Å². The van der Waals surface area contributed by atoms with Gasteiger partial charge >= 0.3 is 12.1 Å². The second-order valence-corrected chi connectivity index (χ2v) is 7.93. The average molecular weight is 456 g/mol. The number of aliphatic hydroxyl groups is 1. The van der Waals surface area contributed by atoms with E-state index < -0.39 is 53.9 Å². The van der Waals surface area contributed by atoms with Crippen molar-refractivity contribution >= 4 is 17.9 Å². The van der Waals surface area contributed by atoms with Crippen LogP contribution in [0, 0.1) is 0 Å². The number of aliphatic hydroxyl groups excluding tert-OH is 1. The van der Waals surface area contributed by atoms with Gasteiger partial charge in [0.1, 0.15) is 22.9 Å². The SMILES string of the molecule is CC(C)OC(=O)O[C@H](C)OC(=O)[C@](C)(CC(=O)[C@@](C)(NN)[C@@H](O)c1cccc(O)c1)NN. The number of hydrogen-bond acceptors (Lipinski definition) is 12. The molecule has 0 saturated heterocycles. The number of esters is 1. The minimum absolute atomic E-state index is 0.115. The van der Waals surface area contributed by atoms with Crippen LogP contribution in [0.3, 0.4) is 0 Å². The Morgan fingerprint density at radius 3 is 2.19 bits per heavy atom. The molecular formula is C20H32N4O8. The zero-order valence-corrected chi connectivity index (χ0v) is 18.7. The zero-order chi connectivity index (χ0) is 24.7. The highest BCUT2D eigenvalue weighted by Gasteiger charge is 2.46. The monoisotopic (exact) mass is 456 g/mol. The van der Waals surface area contributed by atoms with E-state index in [1.54, 1.807) is 13.8 Å². The zero-order valence-electron chi connectivity index (χ0n) is 18.7. The standard InChI is InChI=1S/C20H32N4O8/c1-11(2)30-18(29)32-12(3)31-17(28)19(4,23-21)10-15(26)20(5,24-22)16(27)13-7-6-8-14(25)9-13/h6-9,11-12,16,23-25,27H,10,21-22H2,1-5H3/t12-,16+,19+,20-/m1/s1. The average Bonchev–Trinajstić information content (AvgIpc) is 2.71. The van der Waals surface area contributed by atoms with Crippen molar-refractivity contribution in [3.05, 3.63) is 29.8 Å². The molecule has 0 aliphatic heterocycles. The largest absolute Gasteiger partial charge is 0.511 e. The Bertz CT molecular complexity index is 821. The van der Waals surface area contributed by atoms with Gasteiger partial charge < -0.3 is 24.4 Å². The summed E-state index contributed by atoms with van der Waals surface area (Å²) >= 11 is 0. The number of rotatable bonds is 11. The van der Waals surface area contributed by atoms with Crippen molar-refractivity contribution < 1.29 is 38.8 Å². The molecule has 0 saturated carbocycles. The molecule has 0 aliphatic carbocycles. The number of hydrogen-bond donors (Lipinski definition) is 6. The third-order valence-electron chi connectivity index (χ3n) is 4.76. The Kier molecular flexibility index (Phi) is 9.54. The van der Waals surface area contributed by atoms with E-state index in [0.717, 1.165) is 0 Å². The van der Waals surface area contributed by atoms with Crippen molar-refractivity contribution in [2.75, 3.05) is 0 Å². The number of ketones is 1. The molecule has 1 aromatic rings. The van der Waals surface area contributed by atoms with Gasteiger partial charge in [0, 0.05) is 13.3 Å². The second-order valence-electron chi connectivity index (χ2n) is 7.93. The number of nitrogens with one attached hydrogen (secondary N) is 2. The summed E-state index contributed by atoms with van der Waals surface area (Å²) in [5, 5.41) is 20.4. The van der Waals surface area contributed by atoms with E-state index in [4.69, 9.17) is 25.9 Å². The number of Topliss-reactive ketones (excluding diaryl/α,β-unsaturated/α-hetero) is 1. The lowest BCUT2D eigenvalue weighted by Gasteiger charge is -2.36. The molecular weight excluding hydrogens is 424 g/mol. The summed E-state index contributed by atoms with van der Waals surface area (Å²) in [6.45, 7) is 7.15. The van der Waals surface area contributed by atoms with E-state index in [2.05, 4.69) is 10.9 Å². The van der Waals surface area contributed by atoms with Crippen LogP contribution in [0.2, 0.25) is 0 Å². The number of carbonyl (C=O) groups excluding carboxylic acids is 3. The smallest absolute Gasteiger partial charge is 0.508 e. The minimum Gasteiger partial charge on any atom is -0.508 e. The van der Waals surface area contributed by atoms with E-state index in [-0.39, 0.29) is 11.3 Å². The molecule has 1 aromatic carbocycles. The molecule has 0 radical (unpaired) electrons. The maximum Gasteiger partial charge on any atom is 0.511 e. The fourth-order valence-corrected chi connectivity index (χ4v) is 2.69. The Morgan fingerprint density at radius 2 is 1.69 bits per heavy atom. The Hall–Kier alpha value is -2.77. The van der Waals surface area contributed by atoms with Gasteiger partial charge in [0.2, 0.25) is 6.29 Å². The lowest BCUT2D eigenvalue weighted by Crippen LogP contribution is -2.62. The number of aromatic hydroxyl groups is 1. The molecule has 12 nitrogen and oxygen atoms in total. The normalized spacial score (nSPS) is 16.9. The van der Waals surface area contributed by atoms with Gasteiger partial charge in [-0.3, -0.25) is 16.5 Å². The van der Waals surface area contributed by atoms with Crippen LogP contribution in [0.1, 0.15) is 52.7 Å². The third-order valence-corrected chi connectivity index (χ3v) is 4.76. The molecule has 8 N–H and O–H groups in total. The van der Waals surface area contributed by atoms with Crippen molar-refractivity contribution in [1.29, 1.82) is 0 Å². The van der Waals surface area contributed by atoms with Gasteiger partial charge in [0.05, 0.1) is 6.10 Å². The first-order valence-corrected chi connectivity index (χ1v) is 9.83. The Labute approximate surface area is 186 Å². The second kappa shape index (κ2) is 11.2. The highest BCUT2D eigenvalue weighted by molar-refractivity contribution is 5.95. The number of nitrogens with two attached hydrogens (primary N) is 2. The lowest BCUT2D eigenvalue weighted by molar-refractivity contribution is -0.177. The number of phenolic OH excluding ortho intramolecular Hbond substituents is 1. The summed E-state index contributed by atoms with van der Waals surface area (Å²) in [5.41, 5.74) is 1.21. The molecule has 0 heterocycles. The molecule has 0 fully saturated rings. The minimum atomic E-state index is -1.76. The van der Waals surface area contributed by atoms with Gasteiger partial charge in [-0.05, 0) is 45.4 Å². The first kappa shape index (κ1) is 27.3. The Morgan fingerprint density at radius 1 is 1.06 bits per heavy atom. The number of hydrazine groups is 2. The number of benzene rings is 1. The van der Waals surface area contributed by atoms with Crippen LogP contribution in [-0.2, 0) is 23.8 Å². The van der Waals surface area contributed by atoms with Crippen molar-refractivity contribution in [1.82, 2.24) is 10.9 Å². The fraction of sp³-hybridized carbons (Fsp3) is 0.550. The van der Waals surface area contributed by atoms with Crippen LogP contribution in [-0.4, -0.2) is 51.6 Å². The first-order chi connectivity index (χ1) is 14.8. The van der Waals surface area contributed by atoms with Crippen molar-refractivity contribution in [3.63, 3.8) is 0 Å². The van der Waals surface area contributed by atoms with E-state index in [9.17, 15) is 24.6 Å². The summed E-state index contributed by atoms with van der Waals surface area (Å²) < 4.78 is 14.7. The van der Waals surface area contributed by atoms with Gasteiger partial charge in [0.25, 0.3) is 0 Å². The molecule has 4 atom stereocenters. The number of phenols is 1. The van der Waals surface area contributed by atoms with Crippen LogP contribution in [0.4, 0.5) is 4.79 Å². The molecule has 0 aromatic heterocycles. The van der Waals surface area contributed by atoms with Gasteiger partial charge in [-0.1, -0.05) is 12.1 Å². The number of carbonyl (C=O) groups is 3. The van der Waals surface area contributed by atoms with Crippen LogP contribution in [0.5, 0.6) is 5.75 Å². The molecule has 12 heteroatoms. The molecule has 0 bridgehead atoms. The topological polar surface area (TPSA) is 195 Å². The predicted molar refractivity (Wildman–Crippen MR) is 112 cm³/mol. The molecule has 1 rings (SSSR count). The maximum atomic E-state index is 13.1. The van der Waals surface area contributed by atoms with Gasteiger partial charge in [0.15, 0.2) is 5.78 Å². The third kappa shape index (κ3) is 6.87. The summed E-state index contributed by atoms with van der Waals surface area (Å²) in [5.74, 6) is 9.27. The highest BCUT2D eigenvalue weighted by atomic mass is 16.8. The van der Waals surface area contributed by atoms with Gasteiger partial charge in [-0.25, -0.2) is 20.4 Å². The van der Waals surface area contributed by atoms with Gasteiger partial charge in [-0.2, -0.15) is 0 Å². The van der Waals surface area contributed by atoms with Crippen molar-refractivity contribution in [2.24, 2.45) is 11.7 Å². The summed E-state index contributed by atoms with van der Waals surface area (Å²) in [7, 11) is 0. The highest BCUT2D eigenvalue weighted by Crippen LogP contribution is 2.30. The summed E-state index contributed by atoms with van der Waals surface area (Å²) in [6, 6.07) is 5.66. The molecule has 180 valence electrons. The summed E-state index contributed by atoms with van der Waals surface area (Å²) in [4.78, 5) is 37.3. The molecule has 32 heavy (non-hydrogen) atoms. The van der Waals surface area contributed by atoms with Crippen LogP contribution >= 0.6 is 0 Å². The summed E-state index contributed by atoms with van der Waals surface area (Å²) in [6.07, 6.45) is -4.82. The van der Waals surface area contributed by atoms with Crippen LogP contribution < -0.4 is 22.5 Å². The van der Waals surface area contributed by atoms with Gasteiger partial charge in [-0.15, -0.1) is 0 Å². The fourth-order valence-electron chi connectivity index (χ4n) is 2.69. The maximum absolute atomic E-state index is 13.1.